The van der Waals surface area contributed by atoms with E-state index in [2.05, 4.69) is 4.72 Å². The van der Waals surface area contributed by atoms with Crippen molar-refractivity contribution in [3.8, 4) is 23.0 Å². The molecule has 0 heterocycles. The molecule has 27 heavy (non-hydrogen) atoms. The highest BCUT2D eigenvalue weighted by Gasteiger charge is 2.17. The van der Waals surface area contributed by atoms with Gasteiger partial charge in [-0.05, 0) is 43.7 Å². The van der Waals surface area contributed by atoms with Crippen LogP contribution in [0.1, 0.15) is 19.4 Å². The van der Waals surface area contributed by atoms with Crippen LogP contribution in [-0.4, -0.2) is 35.9 Å². The zero-order valence-electron chi connectivity index (χ0n) is 16.1. The minimum Gasteiger partial charge on any atom is -0.493 e. The quantitative estimate of drug-likeness (QED) is 0.703. The molecule has 0 spiro atoms. The summed E-state index contributed by atoms with van der Waals surface area (Å²) in [6, 6.07) is 9.73. The Hall–Kier alpha value is -2.45. The number of rotatable bonds is 9. The highest BCUT2D eigenvalue weighted by molar-refractivity contribution is 7.89. The van der Waals surface area contributed by atoms with Crippen LogP contribution in [0.5, 0.6) is 23.0 Å². The Kier molecular flexibility index (Phi) is 6.92. The fraction of sp³-hybridized carbons (Fsp3) is 0.368. The first-order valence-electron chi connectivity index (χ1n) is 8.36. The summed E-state index contributed by atoms with van der Waals surface area (Å²) in [6.45, 7) is 3.95. The summed E-state index contributed by atoms with van der Waals surface area (Å²) in [5.41, 5.74) is 0.743. The van der Waals surface area contributed by atoms with Gasteiger partial charge in [-0.2, -0.15) is 0 Å². The van der Waals surface area contributed by atoms with Crippen molar-refractivity contribution in [2.24, 2.45) is 0 Å². The Morgan fingerprint density at radius 3 is 2.04 bits per heavy atom. The Labute approximate surface area is 160 Å². The van der Waals surface area contributed by atoms with Crippen molar-refractivity contribution in [2.75, 3.05) is 21.3 Å². The second-order valence-electron chi connectivity index (χ2n) is 5.99. The first-order chi connectivity index (χ1) is 12.8. The first-order valence-corrected chi connectivity index (χ1v) is 9.84. The molecule has 2 rings (SSSR count). The Morgan fingerprint density at radius 1 is 0.852 bits per heavy atom. The Balaban J connectivity index is 2.17. The second kappa shape index (κ2) is 8.96. The van der Waals surface area contributed by atoms with E-state index in [-0.39, 0.29) is 17.5 Å². The number of methoxy groups -OCH3 is 3. The molecule has 2 aromatic carbocycles. The number of benzene rings is 2. The molecule has 0 atom stereocenters. The third kappa shape index (κ3) is 5.27. The number of hydrogen-bond acceptors (Lipinski definition) is 6. The molecule has 0 saturated heterocycles. The van der Waals surface area contributed by atoms with Crippen LogP contribution < -0.4 is 23.7 Å². The van der Waals surface area contributed by atoms with E-state index in [1.54, 1.807) is 31.4 Å². The van der Waals surface area contributed by atoms with Gasteiger partial charge in [0.2, 0.25) is 10.0 Å². The van der Waals surface area contributed by atoms with E-state index < -0.39 is 10.0 Å². The largest absolute Gasteiger partial charge is 0.493 e. The van der Waals surface area contributed by atoms with Crippen molar-refractivity contribution in [3.63, 3.8) is 0 Å². The Morgan fingerprint density at radius 2 is 1.44 bits per heavy atom. The fourth-order valence-electron chi connectivity index (χ4n) is 2.42. The molecule has 0 unspecified atom stereocenters. The molecule has 148 valence electrons. The average Bonchev–Trinajstić information content (AvgIpc) is 2.66. The second-order valence-corrected chi connectivity index (χ2v) is 7.76. The minimum atomic E-state index is -3.72. The van der Waals surface area contributed by atoms with E-state index in [9.17, 15) is 8.42 Å². The lowest BCUT2D eigenvalue weighted by Crippen LogP contribution is -2.23. The van der Waals surface area contributed by atoms with Crippen molar-refractivity contribution >= 4 is 10.0 Å². The molecule has 0 fully saturated rings. The van der Waals surface area contributed by atoms with Crippen molar-refractivity contribution in [1.29, 1.82) is 0 Å². The molecule has 1 N–H and O–H groups in total. The zero-order valence-corrected chi connectivity index (χ0v) is 16.9. The molecular formula is C19H25NO6S. The molecule has 0 aliphatic rings. The van der Waals surface area contributed by atoms with E-state index in [1.807, 2.05) is 13.8 Å². The monoisotopic (exact) mass is 395 g/mol. The van der Waals surface area contributed by atoms with Gasteiger partial charge in [-0.15, -0.1) is 0 Å². The van der Waals surface area contributed by atoms with Gasteiger partial charge in [-0.25, -0.2) is 13.1 Å². The molecular weight excluding hydrogens is 370 g/mol. The van der Waals surface area contributed by atoms with Crippen LogP contribution in [-0.2, 0) is 16.6 Å². The van der Waals surface area contributed by atoms with Crippen LogP contribution in [0.2, 0.25) is 0 Å². The lowest BCUT2D eigenvalue weighted by molar-refractivity contribution is 0.230. The topological polar surface area (TPSA) is 83.1 Å². The lowest BCUT2D eigenvalue weighted by Gasteiger charge is -2.15. The molecule has 8 heteroatoms. The van der Waals surface area contributed by atoms with E-state index in [0.717, 1.165) is 5.56 Å². The van der Waals surface area contributed by atoms with Gasteiger partial charge in [-0.1, -0.05) is 6.07 Å². The summed E-state index contributed by atoms with van der Waals surface area (Å²) < 4.78 is 49.0. The van der Waals surface area contributed by atoms with Gasteiger partial charge in [0, 0.05) is 12.6 Å². The number of nitrogens with one attached hydrogen (secondary N) is 1. The molecule has 2 aromatic rings. The predicted molar refractivity (Wildman–Crippen MR) is 102 cm³/mol. The summed E-state index contributed by atoms with van der Waals surface area (Å²) in [5.74, 6) is 1.96. The van der Waals surface area contributed by atoms with Gasteiger partial charge in [0.05, 0.1) is 32.3 Å². The molecule has 7 nitrogen and oxygen atoms in total. The smallest absolute Gasteiger partial charge is 0.241 e. The van der Waals surface area contributed by atoms with Gasteiger partial charge < -0.3 is 18.9 Å². The lowest BCUT2D eigenvalue weighted by atomic mass is 10.2. The van der Waals surface area contributed by atoms with Crippen molar-refractivity contribution in [3.05, 3.63) is 42.0 Å². The standard InChI is InChI=1S/C19H25NO6S/c1-13(2)26-17-8-6-14(10-18(17)24-4)12-20-27(21,22)15-7-9-16(23-3)19(11-15)25-5/h6-11,13,20H,12H2,1-5H3. The van der Waals surface area contributed by atoms with E-state index in [0.29, 0.717) is 23.0 Å². The van der Waals surface area contributed by atoms with E-state index in [1.165, 1.54) is 26.4 Å². The average molecular weight is 395 g/mol. The van der Waals surface area contributed by atoms with Crippen LogP contribution in [0.3, 0.4) is 0 Å². The Bertz CT molecular complexity index is 880. The third-order valence-electron chi connectivity index (χ3n) is 3.72. The predicted octanol–water partition coefficient (Wildman–Crippen LogP) is 2.98. The van der Waals surface area contributed by atoms with E-state index in [4.69, 9.17) is 18.9 Å². The third-order valence-corrected chi connectivity index (χ3v) is 5.12. The maximum absolute atomic E-state index is 12.6. The van der Waals surface area contributed by atoms with Gasteiger partial charge in [-0.3, -0.25) is 0 Å². The molecule has 0 aliphatic heterocycles. The number of ether oxygens (including phenoxy) is 4. The van der Waals surface area contributed by atoms with Crippen molar-refractivity contribution in [1.82, 2.24) is 4.72 Å². The number of hydrogen-bond donors (Lipinski definition) is 1. The molecule has 0 bridgehead atoms. The van der Waals surface area contributed by atoms with Crippen LogP contribution in [0.15, 0.2) is 41.3 Å². The van der Waals surface area contributed by atoms with Gasteiger partial charge >= 0.3 is 0 Å². The maximum Gasteiger partial charge on any atom is 0.241 e. The summed E-state index contributed by atoms with van der Waals surface area (Å²) in [7, 11) is 0.763. The number of sulfonamides is 1. The summed E-state index contributed by atoms with van der Waals surface area (Å²) in [6.07, 6.45) is 0.00769. The maximum atomic E-state index is 12.6. The highest BCUT2D eigenvalue weighted by Crippen LogP contribution is 2.30. The van der Waals surface area contributed by atoms with Crippen LogP contribution in [0, 0.1) is 0 Å². The summed E-state index contributed by atoms with van der Waals surface area (Å²) in [4.78, 5) is 0.0897. The van der Waals surface area contributed by atoms with Gasteiger partial charge in [0.15, 0.2) is 23.0 Å². The van der Waals surface area contributed by atoms with Gasteiger partial charge in [0.25, 0.3) is 0 Å². The molecule has 0 amide bonds. The van der Waals surface area contributed by atoms with Crippen LogP contribution in [0.4, 0.5) is 0 Å². The SMILES string of the molecule is COc1ccc(S(=O)(=O)NCc2ccc(OC(C)C)c(OC)c2)cc1OC. The van der Waals surface area contributed by atoms with Gasteiger partial charge in [0.1, 0.15) is 0 Å². The first kappa shape index (κ1) is 20.9. The summed E-state index contributed by atoms with van der Waals surface area (Å²) in [5, 5.41) is 0. The summed E-state index contributed by atoms with van der Waals surface area (Å²) >= 11 is 0. The molecule has 0 aromatic heterocycles. The van der Waals surface area contributed by atoms with Crippen LogP contribution in [0.25, 0.3) is 0 Å². The fourth-order valence-corrected chi connectivity index (χ4v) is 3.45. The molecule has 0 saturated carbocycles. The van der Waals surface area contributed by atoms with Crippen LogP contribution >= 0.6 is 0 Å². The molecule has 0 aliphatic carbocycles. The zero-order chi connectivity index (χ0) is 20.0. The van der Waals surface area contributed by atoms with Crippen molar-refractivity contribution < 1.29 is 27.4 Å². The van der Waals surface area contributed by atoms with E-state index >= 15 is 0 Å². The normalized spacial score (nSPS) is 11.3. The highest BCUT2D eigenvalue weighted by atomic mass is 32.2. The van der Waals surface area contributed by atoms with Crippen molar-refractivity contribution in [2.45, 2.75) is 31.4 Å². The minimum absolute atomic E-state index is 0.00769. The molecule has 0 radical (unpaired) electrons.